The van der Waals surface area contributed by atoms with E-state index in [0.29, 0.717) is 0 Å². The van der Waals surface area contributed by atoms with E-state index in [1.54, 1.807) is 0 Å². The molecule has 1 aliphatic heterocycles. The van der Waals surface area contributed by atoms with Crippen LogP contribution >= 0.6 is 0 Å². The number of amides is 1. The van der Waals surface area contributed by atoms with Gasteiger partial charge in [-0.25, -0.2) is 0 Å². The van der Waals surface area contributed by atoms with E-state index in [9.17, 15) is 4.79 Å². The van der Waals surface area contributed by atoms with Crippen molar-refractivity contribution in [2.75, 3.05) is 31.3 Å². The van der Waals surface area contributed by atoms with Crippen molar-refractivity contribution in [3.63, 3.8) is 0 Å². The van der Waals surface area contributed by atoms with E-state index in [-0.39, 0.29) is 22.8 Å². The monoisotopic (exact) mass is 521 g/mol. The quantitative estimate of drug-likeness (QED) is 0.364. The number of fused-ring (bicyclic) bond motifs is 2. The minimum Gasteiger partial charge on any atom is -0.388 e. The van der Waals surface area contributed by atoms with Gasteiger partial charge in [0.1, 0.15) is 0 Å². The molecule has 3 aromatic rings. The third-order valence-electron chi connectivity index (χ3n) is 9.74. The second-order valence-electron chi connectivity index (χ2n) is 13.3. The van der Waals surface area contributed by atoms with E-state index in [1.807, 2.05) is 13.1 Å². The number of likely N-dealkylation sites (tertiary alicyclic amines) is 1. The zero-order valence-corrected chi connectivity index (χ0v) is 24.5. The number of rotatable bonds is 5. The number of nitrogens with one attached hydrogen (secondary N) is 2. The standard InChI is InChI=1S/C35H43N3O/c1-34(2)18-16-27-30(23-11-8-13-25(21-23)37-33(39)28-14-9-19-38(28)6)32-26(15-17-35(32,3)4)29(31(27)34)22-10-7-12-24(20-22)36-5/h7-8,10-13,20-21,28,36H,9,14-19H2,1-6H3,(H,37,39). The van der Waals surface area contributed by atoms with Crippen LogP contribution in [0, 0.1) is 0 Å². The molecule has 2 aliphatic carbocycles. The van der Waals surface area contributed by atoms with E-state index in [1.165, 1.54) is 44.5 Å². The van der Waals surface area contributed by atoms with Gasteiger partial charge in [-0.15, -0.1) is 0 Å². The second kappa shape index (κ2) is 9.52. The van der Waals surface area contributed by atoms with Gasteiger partial charge in [-0.3, -0.25) is 9.69 Å². The number of benzene rings is 3. The molecule has 0 bridgehead atoms. The maximum absolute atomic E-state index is 13.1. The van der Waals surface area contributed by atoms with Crippen molar-refractivity contribution >= 4 is 17.3 Å². The summed E-state index contributed by atoms with van der Waals surface area (Å²) in [5.74, 6) is 0.115. The molecular formula is C35H43N3O. The van der Waals surface area contributed by atoms with Crippen LogP contribution in [0.4, 0.5) is 11.4 Å². The van der Waals surface area contributed by atoms with Gasteiger partial charge in [0.05, 0.1) is 6.04 Å². The van der Waals surface area contributed by atoms with Gasteiger partial charge in [-0.2, -0.15) is 0 Å². The molecule has 1 amide bonds. The zero-order valence-electron chi connectivity index (χ0n) is 24.5. The van der Waals surface area contributed by atoms with Crippen LogP contribution in [0.3, 0.4) is 0 Å². The van der Waals surface area contributed by atoms with E-state index in [2.05, 4.69) is 92.7 Å². The lowest BCUT2D eigenvalue weighted by molar-refractivity contribution is -0.119. The van der Waals surface area contributed by atoms with Crippen molar-refractivity contribution in [3.8, 4) is 22.3 Å². The maximum atomic E-state index is 13.1. The summed E-state index contributed by atoms with van der Waals surface area (Å²) in [7, 11) is 4.05. The van der Waals surface area contributed by atoms with E-state index >= 15 is 0 Å². The molecule has 6 rings (SSSR count). The number of carbonyl (C=O) groups is 1. The Morgan fingerprint density at radius 2 is 1.38 bits per heavy atom. The smallest absolute Gasteiger partial charge is 0.241 e. The Labute approximate surface area is 234 Å². The SMILES string of the molecule is CNc1cccc(-c2c3c(c(-c4cccc(NC(=O)C5CCCN5C)c4)c4c2C(C)(C)CC4)C(C)(C)CC3)c1. The molecule has 0 radical (unpaired) electrons. The predicted octanol–water partition coefficient (Wildman–Crippen LogP) is 7.54. The first kappa shape index (κ1) is 26.1. The van der Waals surface area contributed by atoms with Gasteiger partial charge in [-0.1, -0.05) is 52.0 Å². The molecule has 3 aliphatic rings. The van der Waals surface area contributed by atoms with E-state index < -0.39 is 0 Å². The molecular weight excluding hydrogens is 478 g/mol. The molecule has 1 unspecified atom stereocenters. The third-order valence-corrected chi connectivity index (χ3v) is 9.74. The fraction of sp³-hybridized carbons (Fsp3) is 0.457. The van der Waals surface area contributed by atoms with Crippen LogP contribution in [0.5, 0.6) is 0 Å². The Hall–Kier alpha value is -3.11. The highest BCUT2D eigenvalue weighted by Crippen LogP contribution is 2.56. The molecule has 1 saturated heterocycles. The average Bonchev–Trinajstić information content (AvgIpc) is 3.58. The highest BCUT2D eigenvalue weighted by molar-refractivity contribution is 5.96. The normalized spacial score (nSPS) is 21.0. The van der Waals surface area contributed by atoms with Crippen LogP contribution in [-0.2, 0) is 28.5 Å². The first-order chi connectivity index (χ1) is 18.6. The summed E-state index contributed by atoms with van der Waals surface area (Å²) in [5, 5.41) is 6.61. The number of hydrogen-bond donors (Lipinski definition) is 2. The lowest BCUT2D eigenvalue weighted by Crippen LogP contribution is -2.37. The molecule has 0 saturated carbocycles. The first-order valence-corrected chi connectivity index (χ1v) is 14.7. The highest BCUT2D eigenvalue weighted by atomic mass is 16.2. The summed E-state index contributed by atoms with van der Waals surface area (Å²) in [4.78, 5) is 15.3. The molecule has 204 valence electrons. The fourth-order valence-electron chi connectivity index (χ4n) is 7.66. The number of nitrogens with zero attached hydrogens (tertiary/aromatic N) is 1. The van der Waals surface area contributed by atoms with Gasteiger partial charge in [-0.05, 0) is 132 Å². The van der Waals surface area contributed by atoms with Crippen molar-refractivity contribution in [1.82, 2.24) is 4.90 Å². The number of carbonyl (C=O) groups excluding carboxylic acids is 1. The molecule has 4 nitrogen and oxygen atoms in total. The number of anilines is 2. The predicted molar refractivity (Wildman–Crippen MR) is 164 cm³/mol. The topological polar surface area (TPSA) is 44.4 Å². The summed E-state index contributed by atoms with van der Waals surface area (Å²) < 4.78 is 0. The van der Waals surface area contributed by atoms with Crippen molar-refractivity contribution in [1.29, 1.82) is 0 Å². The molecule has 1 atom stereocenters. The first-order valence-electron chi connectivity index (χ1n) is 14.7. The van der Waals surface area contributed by atoms with E-state index in [0.717, 1.165) is 56.4 Å². The maximum Gasteiger partial charge on any atom is 0.241 e. The Bertz CT molecular complexity index is 1450. The summed E-state index contributed by atoms with van der Waals surface area (Å²) in [6.45, 7) is 10.7. The van der Waals surface area contributed by atoms with Crippen LogP contribution in [0.1, 0.15) is 75.6 Å². The Morgan fingerprint density at radius 3 is 1.90 bits per heavy atom. The molecule has 3 aromatic carbocycles. The van der Waals surface area contributed by atoms with Crippen LogP contribution in [0.2, 0.25) is 0 Å². The zero-order chi connectivity index (χ0) is 27.5. The lowest BCUT2D eigenvalue weighted by Gasteiger charge is -2.31. The minimum atomic E-state index is -0.0328. The molecule has 1 fully saturated rings. The summed E-state index contributed by atoms with van der Waals surface area (Å²) in [6, 6.07) is 17.6. The van der Waals surface area contributed by atoms with Crippen molar-refractivity contribution in [2.45, 2.75) is 83.1 Å². The average molecular weight is 522 g/mol. The fourth-order valence-corrected chi connectivity index (χ4v) is 7.66. The second-order valence-corrected chi connectivity index (χ2v) is 13.3. The van der Waals surface area contributed by atoms with Crippen molar-refractivity contribution in [2.24, 2.45) is 0 Å². The largest absolute Gasteiger partial charge is 0.388 e. The van der Waals surface area contributed by atoms with Crippen molar-refractivity contribution < 1.29 is 4.79 Å². The van der Waals surface area contributed by atoms with Crippen LogP contribution in [-0.4, -0.2) is 37.5 Å². The highest BCUT2D eigenvalue weighted by Gasteiger charge is 2.43. The van der Waals surface area contributed by atoms with Gasteiger partial charge >= 0.3 is 0 Å². The van der Waals surface area contributed by atoms with Gasteiger partial charge in [0.25, 0.3) is 0 Å². The lowest BCUT2D eigenvalue weighted by atomic mass is 9.73. The van der Waals surface area contributed by atoms with Crippen LogP contribution in [0.25, 0.3) is 22.3 Å². The minimum absolute atomic E-state index is 0.0328. The van der Waals surface area contributed by atoms with Gasteiger partial charge in [0, 0.05) is 18.4 Å². The third kappa shape index (κ3) is 4.37. The van der Waals surface area contributed by atoms with Gasteiger partial charge in [0.2, 0.25) is 5.91 Å². The Balaban J connectivity index is 1.54. The molecule has 2 N–H and O–H groups in total. The number of likely N-dealkylation sites (N-methyl/N-ethyl adjacent to an activating group) is 1. The Morgan fingerprint density at radius 1 is 0.846 bits per heavy atom. The molecule has 4 heteroatoms. The van der Waals surface area contributed by atoms with Gasteiger partial charge in [0.15, 0.2) is 0 Å². The summed E-state index contributed by atoms with van der Waals surface area (Å²) >= 11 is 0. The molecule has 1 heterocycles. The van der Waals surface area contributed by atoms with E-state index in [4.69, 9.17) is 0 Å². The molecule has 0 aromatic heterocycles. The van der Waals surface area contributed by atoms with Crippen LogP contribution in [0.15, 0.2) is 48.5 Å². The van der Waals surface area contributed by atoms with Crippen LogP contribution < -0.4 is 10.6 Å². The Kier molecular flexibility index (Phi) is 6.38. The number of hydrogen-bond acceptors (Lipinski definition) is 3. The summed E-state index contributed by atoms with van der Waals surface area (Å²) in [6.07, 6.45) is 6.51. The van der Waals surface area contributed by atoms with Crippen molar-refractivity contribution in [3.05, 3.63) is 70.8 Å². The van der Waals surface area contributed by atoms with Gasteiger partial charge < -0.3 is 10.6 Å². The summed E-state index contributed by atoms with van der Waals surface area (Å²) in [5.41, 5.74) is 13.8. The molecule has 39 heavy (non-hydrogen) atoms. The molecule has 0 spiro atoms.